The van der Waals surface area contributed by atoms with Crippen molar-refractivity contribution in [3.63, 3.8) is 0 Å². The first kappa shape index (κ1) is 6.99. The lowest BCUT2D eigenvalue weighted by Gasteiger charge is -2.27. The number of ether oxygens (including phenoxy) is 1. The summed E-state index contributed by atoms with van der Waals surface area (Å²) in [5.41, 5.74) is 0. The average molecular weight is 131 g/mol. The van der Waals surface area contributed by atoms with E-state index in [9.17, 15) is 0 Å². The second-order valence-corrected chi connectivity index (χ2v) is 2.48. The van der Waals surface area contributed by atoms with Crippen molar-refractivity contribution in [2.24, 2.45) is 0 Å². The van der Waals surface area contributed by atoms with Gasteiger partial charge >= 0.3 is 0 Å². The quantitative estimate of drug-likeness (QED) is 0.497. The first-order valence-corrected chi connectivity index (χ1v) is 3.27. The maximum atomic E-state index is 8.67. The van der Waals surface area contributed by atoms with Gasteiger partial charge in [0.05, 0.1) is 25.9 Å². The zero-order valence-corrected chi connectivity index (χ0v) is 5.63. The Morgan fingerprint density at radius 1 is 1.67 bits per heavy atom. The molecule has 1 rings (SSSR count). The summed E-state index contributed by atoms with van der Waals surface area (Å²) in [7, 11) is 0. The van der Waals surface area contributed by atoms with Gasteiger partial charge in [0.25, 0.3) is 0 Å². The lowest BCUT2D eigenvalue weighted by atomic mass is 10.2. The predicted octanol–water partition coefficient (Wildman–Crippen LogP) is -0.644. The number of hydrogen-bond donors (Lipinski definition) is 2. The van der Waals surface area contributed by atoms with Gasteiger partial charge in [-0.2, -0.15) is 0 Å². The Kier molecular flexibility index (Phi) is 2.45. The highest BCUT2D eigenvalue weighted by molar-refractivity contribution is 4.74. The van der Waals surface area contributed by atoms with E-state index in [1.54, 1.807) is 0 Å². The molecule has 1 fully saturated rings. The molecule has 0 aromatic heterocycles. The van der Waals surface area contributed by atoms with Crippen molar-refractivity contribution in [3.8, 4) is 0 Å². The van der Waals surface area contributed by atoms with Crippen LogP contribution in [0.25, 0.3) is 0 Å². The molecule has 9 heavy (non-hydrogen) atoms. The molecule has 0 aromatic carbocycles. The Bertz CT molecular complexity index is 87.1. The molecular formula is C6H13NO2. The Labute approximate surface area is 55.0 Å². The van der Waals surface area contributed by atoms with Crippen molar-refractivity contribution >= 4 is 0 Å². The van der Waals surface area contributed by atoms with Gasteiger partial charge in [-0.3, -0.25) is 0 Å². The highest BCUT2D eigenvalue weighted by Gasteiger charge is 2.16. The van der Waals surface area contributed by atoms with Gasteiger partial charge in [-0.25, -0.2) is 0 Å². The van der Waals surface area contributed by atoms with Crippen molar-refractivity contribution < 1.29 is 9.84 Å². The van der Waals surface area contributed by atoms with Gasteiger partial charge in [0.15, 0.2) is 0 Å². The van der Waals surface area contributed by atoms with Crippen LogP contribution in [0.3, 0.4) is 0 Å². The minimum Gasteiger partial charge on any atom is -0.395 e. The van der Waals surface area contributed by atoms with Gasteiger partial charge in [0.1, 0.15) is 0 Å². The molecule has 0 aliphatic carbocycles. The lowest BCUT2D eigenvalue weighted by Crippen LogP contribution is -2.49. The van der Waals surface area contributed by atoms with Gasteiger partial charge in [-0.15, -0.1) is 0 Å². The van der Waals surface area contributed by atoms with Crippen molar-refractivity contribution in [2.45, 2.75) is 19.0 Å². The molecule has 1 aliphatic heterocycles. The van der Waals surface area contributed by atoms with E-state index in [4.69, 9.17) is 9.84 Å². The minimum atomic E-state index is 0.147. The van der Waals surface area contributed by atoms with Crippen LogP contribution >= 0.6 is 0 Å². The minimum absolute atomic E-state index is 0.147. The van der Waals surface area contributed by atoms with Crippen molar-refractivity contribution in [3.05, 3.63) is 0 Å². The second kappa shape index (κ2) is 3.15. The van der Waals surface area contributed by atoms with Crippen LogP contribution in [0.1, 0.15) is 6.92 Å². The standard InChI is InChI=1S/C6H13NO2/c1-5-3-9-4-6(2-8)7-5/h5-8H,2-4H2,1H3/t5-,6+/m1/s1. The van der Waals surface area contributed by atoms with E-state index in [1.165, 1.54) is 0 Å². The zero-order valence-electron chi connectivity index (χ0n) is 5.63. The largest absolute Gasteiger partial charge is 0.395 e. The third-order valence-corrected chi connectivity index (χ3v) is 1.43. The number of rotatable bonds is 1. The Hall–Kier alpha value is -0.120. The summed E-state index contributed by atoms with van der Waals surface area (Å²) in [5.74, 6) is 0. The SMILES string of the molecule is C[C@@H]1COC[C@H](CO)N1. The average Bonchev–Trinajstić information content (AvgIpc) is 1.88. The lowest BCUT2D eigenvalue weighted by molar-refractivity contribution is 0.0316. The van der Waals surface area contributed by atoms with E-state index in [-0.39, 0.29) is 12.6 Å². The first-order valence-electron chi connectivity index (χ1n) is 3.27. The third kappa shape index (κ3) is 1.93. The van der Waals surface area contributed by atoms with Crippen LogP contribution in [0.15, 0.2) is 0 Å². The van der Waals surface area contributed by atoms with Crippen LogP contribution in [-0.4, -0.2) is 37.0 Å². The molecule has 0 bridgehead atoms. The van der Waals surface area contributed by atoms with E-state index < -0.39 is 0 Å². The zero-order chi connectivity index (χ0) is 6.69. The van der Waals surface area contributed by atoms with Crippen molar-refractivity contribution in [2.75, 3.05) is 19.8 Å². The molecule has 1 aliphatic rings. The van der Waals surface area contributed by atoms with E-state index >= 15 is 0 Å². The maximum Gasteiger partial charge on any atom is 0.0642 e. The molecule has 1 saturated heterocycles. The summed E-state index contributed by atoms with van der Waals surface area (Å²) in [5, 5.41) is 11.9. The molecule has 0 unspecified atom stereocenters. The Balaban J connectivity index is 2.23. The van der Waals surface area contributed by atoms with Gasteiger partial charge < -0.3 is 15.2 Å². The molecule has 1 heterocycles. The van der Waals surface area contributed by atoms with Crippen LogP contribution in [0.4, 0.5) is 0 Å². The summed E-state index contributed by atoms with van der Waals surface area (Å²) >= 11 is 0. The van der Waals surface area contributed by atoms with Gasteiger partial charge in [0, 0.05) is 6.04 Å². The fourth-order valence-electron chi connectivity index (χ4n) is 0.991. The summed E-state index contributed by atoms with van der Waals surface area (Å²) in [6.45, 7) is 3.61. The molecule has 0 radical (unpaired) electrons. The molecule has 0 amide bonds. The fraction of sp³-hybridized carbons (Fsp3) is 1.00. The van der Waals surface area contributed by atoms with Gasteiger partial charge in [-0.05, 0) is 6.92 Å². The van der Waals surface area contributed by atoms with Crippen LogP contribution in [-0.2, 0) is 4.74 Å². The smallest absolute Gasteiger partial charge is 0.0642 e. The molecular weight excluding hydrogens is 118 g/mol. The number of nitrogens with one attached hydrogen (secondary N) is 1. The highest BCUT2D eigenvalue weighted by atomic mass is 16.5. The Morgan fingerprint density at radius 3 is 2.89 bits per heavy atom. The monoisotopic (exact) mass is 131 g/mol. The highest BCUT2D eigenvalue weighted by Crippen LogP contribution is 1.96. The molecule has 2 N–H and O–H groups in total. The summed E-state index contributed by atoms with van der Waals surface area (Å²) in [6.07, 6.45) is 0. The van der Waals surface area contributed by atoms with Crippen LogP contribution < -0.4 is 5.32 Å². The summed E-state index contributed by atoms with van der Waals surface area (Å²) in [6, 6.07) is 0.532. The summed E-state index contributed by atoms with van der Waals surface area (Å²) in [4.78, 5) is 0. The molecule has 0 aromatic rings. The molecule has 54 valence electrons. The molecule has 3 nitrogen and oxygen atoms in total. The fourth-order valence-corrected chi connectivity index (χ4v) is 0.991. The third-order valence-electron chi connectivity index (χ3n) is 1.43. The molecule has 0 spiro atoms. The topological polar surface area (TPSA) is 41.5 Å². The number of aliphatic hydroxyl groups excluding tert-OH is 1. The maximum absolute atomic E-state index is 8.67. The van der Waals surface area contributed by atoms with E-state index in [0.29, 0.717) is 12.6 Å². The first-order chi connectivity index (χ1) is 4.33. The van der Waals surface area contributed by atoms with E-state index in [2.05, 4.69) is 5.32 Å². The molecule has 3 heteroatoms. The molecule has 2 atom stereocenters. The normalized spacial score (nSPS) is 36.7. The van der Waals surface area contributed by atoms with Crippen LogP contribution in [0.2, 0.25) is 0 Å². The Morgan fingerprint density at radius 2 is 2.44 bits per heavy atom. The number of morpholine rings is 1. The predicted molar refractivity (Wildman–Crippen MR) is 34.3 cm³/mol. The van der Waals surface area contributed by atoms with E-state index in [1.807, 2.05) is 6.92 Å². The number of aliphatic hydroxyl groups is 1. The number of hydrogen-bond acceptors (Lipinski definition) is 3. The van der Waals surface area contributed by atoms with Crippen LogP contribution in [0, 0.1) is 0 Å². The van der Waals surface area contributed by atoms with Gasteiger partial charge in [-0.1, -0.05) is 0 Å². The second-order valence-electron chi connectivity index (χ2n) is 2.48. The van der Waals surface area contributed by atoms with Crippen molar-refractivity contribution in [1.29, 1.82) is 0 Å². The van der Waals surface area contributed by atoms with E-state index in [0.717, 1.165) is 6.61 Å². The van der Waals surface area contributed by atoms with Crippen LogP contribution in [0.5, 0.6) is 0 Å². The summed E-state index contributed by atoms with van der Waals surface area (Å²) < 4.78 is 5.16. The van der Waals surface area contributed by atoms with Gasteiger partial charge in [0.2, 0.25) is 0 Å². The molecule has 0 saturated carbocycles. The van der Waals surface area contributed by atoms with Crippen molar-refractivity contribution in [1.82, 2.24) is 5.32 Å².